The van der Waals surface area contributed by atoms with Gasteiger partial charge in [0.05, 0.1) is 20.3 Å². The Balaban J connectivity index is 1.88. The maximum Gasteiger partial charge on any atom is 0.356 e. The molecule has 0 spiro atoms. The van der Waals surface area contributed by atoms with Gasteiger partial charge in [0.25, 0.3) is 0 Å². The SMILES string of the molecule is COC(=O)c1cc(Cl)nc(OCCN2CCOCC2)n1. The van der Waals surface area contributed by atoms with Gasteiger partial charge in [-0.3, -0.25) is 4.90 Å². The summed E-state index contributed by atoms with van der Waals surface area (Å²) in [6, 6.07) is 1.41. The molecule has 0 N–H and O–H groups in total. The Hall–Kier alpha value is -1.44. The Kier molecular flexibility index (Phi) is 5.51. The molecule has 1 aromatic rings. The number of methoxy groups -OCH3 is 1. The van der Waals surface area contributed by atoms with Gasteiger partial charge in [-0.2, -0.15) is 9.97 Å². The minimum atomic E-state index is -0.577. The molecule has 1 fully saturated rings. The number of nitrogens with zero attached hydrogens (tertiary/aromatic N) is 3. The van der Waals surface area contributed by atoms with E-state index in [1.807, 2.05) is 0 Å². The van der Waals surface area contributed by atoms with Crippen molar-refractivity contribution < 1.29 is 19.0 Å². The van der Waals surface area contributed by atoms with Crippen LogP contribution in [0, 0.1) is 0 Å². The van der Waals surface area contributed by atoms with Crippen LogP contribution in [0.15, 0.2) is 6.07 Å². The minimum absolute atomic E-state index is 0.0751. The van der Waals surface area contributed by atoms with Crippen LogP contribution < -0.4 is 4.74 Å². The number of carbonyl (C=O) groups is 1. The van der Waals surface area contributed by atoms with Gasteiger partial charge in [0, 0.05) is 25.7 Å². The topological polar surface area (TPSA) is 73.8 Å². The second-order valence-corrected chi connectivity index (χ2v) is 4.54. The van der Waals surface area contributed by atoms with Crippen LogP contribution in [0.3, 0.4) is 0 Å². The zero-order valence-electron chi connectivity index (χ0n) is 11.2. The summed E-state index contributed by atoms with van der Waals surface area (Å²) in [7, 11) is 1.28. The van der Waals surface area contributed by atoms with Crippen LogP contribution in [0.1, 0.15) is 10.5 Å². The molecule has 2 heterocycles. The maximum atomic E-state index is 11.4. The van der Waals surface area contributed by atoms with Crippen LogP contribution in [0.4, 0.5) is 0 Å². The maximum absolute atomic E-state index is 11.4. The summed E-state index contributed by atoms with van der Waals surface area (Å²) in [5.41, 5.74) is 0.0777. The summed E-state index contributed by atoms with van der Waals surface area (Å²) >= 11 is 5.81. The molecule has 110 valence electrons. The number of hydrogen-bond acceptors (Lipinski definition) is 7. The van der Waals surface area contributed by atoms with Crippen molar-refractivity contribution in [3.05, 3.63) is 16.9 Å². The fraction of sp³-hybridized carbons (Fsp3) is 0.583. The third-order valence-corrected chi connectivity index (χ3v) is 3.00. The van der Waals surface area contributed by atoms with E-state index in [1.54, 1.807) is 0 Å². The van der Waals surface area contributed by atoms with Crippen molar-refractivity contribution in [2.24, 2.45) is 0 Å². The Morgan fingerprint density at radius 3 is 2.90 bits per heavy atom. The normalized spacial score (nSPS) is 15.9. The van der Waals surface area contributed by atoms with Crippen LogP contribution in [-0.4, -0.2) is 67.4 Å². The number of esters is 1. The van der Waals surface area contributed by atoms with Crippen molar-refractivity contribution in [2.75, 3.05) is 46.6 Å². The molecule has 1 aliphatic heterocycles. The average molecular weight is 302 g/mol. The van der Waals surface area contributed by atoms with Gasteiger partial charge in [0.15, 0.2) is 5.69 Å². The van der Waals surface area contributed by atoms with Gasteiger partial charge in [-0.05, 0) is 0 Å². The zero-order valence-corrected chi connectivity index (χ0v) is 11.9. The second-order valence-electron chi connectivity index (χ2n) is 4.15. The van der Waals surface area contributed by atoms with E-state index in [2.05, 4.69) is 19.6 Å². The number of halogens is 1. The minimum Gasteiger partial charge on any atom is -0.464 e. The van der Waals surface area contributed by atoms with Crippen LogP contribution in [0.2, 0.25) is 5.15 Å². The standard InChI is InChI=1S/C12H16ClN3O4/c1-18-11(17)9-8-10(13)15-12(14-9)20-7-4-16-2-5-19-6-3-16/h8H,2-7H2,1H3. The van der Waals surface area contributed by atoms with Crippen molar-refractivity contribution in [2.45, 2.75) is 0 Å². The lowest BCUT2D eigenvalue weighted by molar-refractivity contribution is 0.0316. The Morgan fingerprint density at radius 1 is 1.45 bits per heavy atom. The van der Waals surface area contributed by atoms with Crippen molar-refractivity contribution >= 4 is 17.6 Å². The first-order valence-corrected chi connectivity index (χ1v) is 6.62. The molecule has 8 heteroatoms. The molecule has 1 saturated heterocycles. The first kappa shape index (κ1) is 15.0. The predicted molar refractivity (Wildman–Crippen MR) is 71.1 cm³/mol. The number of hydrogen-bond donors (Lipinski definition) is 0. The van der Waals surface area contributed by atoms with Crippen molar-refractivity contribution in [3.63, 3.8) is 0 Å². The average Bonchev–Trinajstić information content (AvgIpc) is 2.47. The highest BCUT2D eigenvalue weighted by atomic mass is 35.5. The number of aromatic nitrogens is 2. The van der Waals surface area contributed by atoms with E-state index >= 15 is 0 Å². The molecule has 2 rings (SSSR count). The first-order chi connectivity index (χ1) is 9.69. The van der Waals surface area contributed by atoms with Crippen molar-refractivity contribution in [3.8, 4) is 6.01 Å². The molecular formula is C12H16ClN3O4. The predicted octanol–water partition coefficient (Wildman–Crippen LogP) is 0.628. The van der Waals surface area contributed by atoms with E-state index in [1.165, 1.54) is 13.2 Å². The van der Waals surface area contributed by atoms with Crippen LogP contribution in [0.5, 0.6) is 6.01 Å². The fourth-order valence-corrected chi connectivity index (χ4v) is 1.94. The van der Waals surface area contributed by atoms with Gasteiger partial charge < -0.3 is 14.2 Å². The molecule has 0 unspecified atom stereocenters. The molecule has 0 radical (unpaired) electrons. The van der Waals surface area contributed by atoms with Gasteiger partial charge in [-0.25, -0.2) is 4.79 Å². The van der Waals surface area contributed by atoms with E-state index in [0.29, 0.717) is 6.61 Å². The van der Waals surface area contributed by atoms with Gasteiger partial charge in [0.1, 0.15) is 11.8 Å². The molecule has 0 amide bonds. The Labute approximate surface area is 121 Å². The van der Waals surface area contributed by atoms with Crippen molar-refractivity contribution in [1.82, 2.24) is 14.9 Å². The van der Waals surface area contributed by atoms with Crippen LogP contribution in [-0.2, 0) is 9.47 Å². The summed E-state index contributed by atoms with van der Waals surface area (Å²) in [5, 5.41) is 0.141. The molecular weight excluding hydrogens is 286 g/mol. The largest absolute Gasteiger partial charge is 0.464 e. The molecule has 0 atom stereocenters. The lowest BCUT2D eigenvalue weighted by atomic mass is 10.4. The van der Waals surface area contributed by atoms with Crippen molar-refractivity contribution in [1.29, 1.82) is 0 Å². The van der Waals surface area contributed by atoms with E-state index < -0.39 is 5.97 Å². The second kappa shape index (κ2) is 7.37. The Bertz CT molecular complexity index is 466. The third kappa shape index (κ3) is 4.29. The van der Waals surface area contributed by atoms with Gasteiger partial charge in [-0.1, -0.05) is 11.6 Å². The summed E-state index contributed by atoms with van der Waals surface area (Å²) in [6.45, 7) is 4.40. The van der Waals surface area contributed by atoms with E-state index in [-0.39, 0.29) is 16.9 Å². The zero-order chi connectivity index (χ0) is 14.4. The number of carbonyl (C=O) groups excluding carboxylic acids is 1. The molecule has 1 aromatic heterocycles. The third-order valence-electron chi connectivity index (χ3n) is 2.81. The lowest BCUT2D eigenvalue weighted by Crippen LogP contribution is -2.38. The molecule has 20 heavy (non-hydrogen) atoms. The van der Waals surface area contributed by atoms with E-state index in [4.69, 9.17) is 21.1 Å². The van der Waals surface area contributed by atoms with E-state index in [0.717, 1.165) is 32.8 Å². The monoisotopic (exact) mass is 301 g/mol. The van der Waals surface area contributed by atoms with E-state index in [9.17, 15) is 4.79 Å². The highest BCUT2D eigenvalue weighted by molar-refractivity contribution is 6.29. The molecule has 0 bridgehead atoms. The first-order valence-electron chi connectivity index (χ1n) is 6.25. The van der Waals surface area contributed by atoms with Gasteiger partial charge in [-0.15, -0.1) is 0 Å². The number of morpholine rings is 1. The summed E-state index contributed by atoms with van der Waals surface area (Å²) in [4.78, 5) is 21.5. The molecule has 1 aliphatic rings. The number of rotatable bonds is 5. The Morgan fingerprint density at radius 2 is 2.20 bits per heavy atom. The molecule has 0 saturated carbocycles. The van der Waals surface area contributed by atoms with Gasteiger partial charge >= 0.3 is 12.0 Å². The molecule has 0 aliphatic carbocycles. The number of ether oxygens (including phenoxy) is 3. The summed E-state index contributed by atoms with van der Waals surface area (Å²) in [6.07, 6.45) is 0. The van der Waals surface area contributed by atoms with Crippen LogP contribution >= 0.6 is 11.6 Å². The summed E-state index contributed by atoms with van der Waals surface area (Å²) in [5.74, 6) is -0.577. The molecule has 0 aromatic carbocycles. The lowest BCUT2D eigenvalue weighted by Gasteiger charge is -2.26. The molecule has 7 nitrogen and oxygen atoms in total. The highest BCUT2D eigenvalue weighted by Gasteiger charge is 2.13. The van der Waals surface area contributed by atoms with Crippen LogP contribution in [0.25, 0.3) is 0 Å². The smallest absolute Gasteiger partial charge is 0.356 e. The van der Waals surface area contributed by atoms with Gasteiger partial charge in [0.2, 0.25) is 0 Å². The quantitative estimate of drug-likeness (QED) is 0.583. The summed E-state index contributed by atoms with van der Waals surface area (Å²) < 4.78 is 15.3. The fourth-order valence-electron chi connectivity index (χ4n) is 1.76. The highest BCUT2D eigenvalue weighted by Crippen LogP contribution is 2.13.